The molecule has 0 unspecified atom stereocenters. The summed E-state index contributed by atoms with van der Waals surface area (Å²) in [5.74, 6) is -5.14. The maximum absolute atomic E-state index is 13.8. The van der Waals surface area contributed by atoms with Crippen LogP contribution in [0.2, 0.25) is 0 Å². The second kappa shape index (κ2) is 19.0. The number of halogens is 4. The average Bonchev–Trinajstić information content (AvgIpc) is 3.09. The van der Waals surface area contributed by atoms with E-state index in [9.17, 15) is 55.8 Å². The molecule has 0 aliphatic carbocycles. The van der Waals surface area contributed by atoms with Gasteiger partial charge in [-0.2, -0.15) is 17.6 Å². The molecule has 0 saturated heterocycles. The van der Waals surface area contributed by atoms with Gasteiger partial charge in [-0.15, -0.1) is 0 Å². The highest BCUT2D eigenvalue weighted by atomic mass is 31.2. The number of aliphatic carboxylic acids is 2. The van der Waals surface area contributed by atoms with Crippen LogP contribution in [0, 0.1) is 0 Å². The Morgan fingerprint density at radius 3 is 1.49 bits per heavy atom. The average molecular weight is 823 g/mol. The maximum atomic E-state index is 13.8. The highest BCUT2D eigenvalue weighted by Gasteiger charge is 2.51. The van der Waals surface area contributed by atoms with E-state index in [1.165, 1.54) is 24.3 Å². The van der Waals surface area contributed by atoms with E-state index in [0.717, 1.165) is 36.4 Å². The number of benzene rings is 3. The standard InChI is InChI=1S/C22H23F2N2O9P.C10H13F2N2O4P/c23-22(24,36(33,34)35)15-8-6-13(7-9-15)12-17(21(31)32)26-20(30)16(10-11-18(27)28)25-19(29)14-4-2-1-3-5-14;11-10(12,19(16,17)18)7-3-1-6(2-4-7)5-8(13)9(14)15/h1-9,16-17H,10-12H2,(H,25,29)(H,26,30)(H,27,28)(H,31,32)(H2,33,34,35);1-4,8H,5,13H2,(H2,14,15)(H2,16,17,18)/t16-,17-;8-/m01/s1. The van der Waals surface area contributed by atoms with E-state index in [1.54, 1.807) is 18.2 Å². The summed E-state index contributed by atoms with van der Waals surface area (Å²) in [5, 5.41) is 23.0. The lowest BCUT2D eigenvalue weighted by Crippen LogP contribution is -2.52. The molecule has 3 aromatic carbocycles. The van der Waals surface area contributed by atoms with Crippen LogP contribution in [0.5, 0.6) is 0 Å². The minimum Gasteiger partial charge on any atom is -0.481 e. The summed E-state index contributed by atoms with van der Waals surface area (Å²) in [4.78, 5) is 93.4. The number of rotatable bonds is 17. The zero-order valence-electron chi connectivity index (χ0n) is 28.2. The van der Waals surface area contributed by atoms with Gasteiger partial charge in [-0.3, -0.25) is 28.3 Å². The number of carbonyl (C=O) groups excluding carboxylic acids is 3. The van der Waals surface area contributed by atoms with E-state index in [1.807, 2.05) is 0 Å². The summed E-state index contributed by atoms with van der Waals surface area (Å²) in [5.41, 5.74) is 0.649. The highest BCUT2D eigenvalue weighted by molar-refractivity contribution is 7.52. The summed E-state index contributed by atoms with van der Waals surface area (Å²) in [6.45, 7) is 0. The Labute approximate surface area is 309 Å². The van der Waals surface area contributed by atoms with Gasteiger partial charge in [0, 0.05) is 29.5 Å². The smallest absolute Gasteiger partial charge is 0.399 e. The van der Waals surface area contributed by atoms with Crippen molar-refractivity contribution in [1.82, 2.24) is 10.6 Å². The van der Waals surface area contributed by atoms with Crippen molar-refractivity contribution >= 4 is 44.9 Å². The van der Waals surface area contributed by atoms with E-state index in [2.05, 4.69) is 10.6 Å². The van der Waals surface area contributed by atoms with Gasteiger partial charge in [-0.05, 0) is 36.1 Å². The molecule has 0 radical (unpaired) electrons. The molecule has 3 aromatic rings. The van der Waals surface area contributed by atoms with Crippen LogP contribution in [0.3, 0.4) is 0 Å². The zero-order valence-corrected chi connectivity index (χ0v) is 30.0. The third-order valence-corrected chi connectivity index (χ3v) is 9.49. The van der Waals surface area contributed by atoms with Crippen LogP contribution in [0.1, 0.15) is 45.5 Å². The summed E-state index contributed by atoms with van der Waals surface area (Å²) in [6.07, 6.45) is -1.18. The summed E-state index contributed by atoms with van der Waals surface area (Å²) >= 11 is 0. The first-order chi connectivity index (χ1) is 25.3. The van der Waals surface area contributed by atoms with Gasteiger partial charge in [0.2, 0.25) is 11.8 Å². The van der Waals surface area contributed by atoms with Gasteiger partial charge in [0.1, 0.15) is 12.1 Å². The van der Waals surface area contributed by atoms with Crippen molar-refractivity contribution in [2.24, 2.45) is 11.5 Å². The first-order valence-electron chi connectivity index (χ1n) is 15.5. The molecule has 0 saturated carbocycles. The first-order valence-corrected chi connectivity index (χ1v) is 18.7. The second-order valence-corrected chi connectivity index (χ2v) is 15.0. The van der Waals surface area contributed by atoms with Gasteiger partial charge in [-0.1, -0.05) is 66.7 Å². The number of nitrogens with two attached hydrogens (primary N) is 2. The third kappa shape index (κ3) is 13.4. The summed E-state index contributed by atoms with van der Waals surface area (Å²) < 4.78 is 75.9. The van der Waals surface area contributed by atoms with E-state index in [0.29, 0.717) is 5.56 Å². The lowest BCUT2D eigenvalue weighted by atomic mass is 10.0. The molecule has 12 N–H and O–H groups in total. The number of carboxylic acid groups (broad SMARTS) is 2. The fourth-order valence-corrected chi connectivity index (χ4v) is 5.42. The minimum absolute atomic E-state index is 0.0527. The molecule has 0 heterocycles. The van der Waals surface area contributed by atoms with Crippen LogP contribution in [0.25, 0.3) is 0 Å². The fourth-order valence-electron chi connectivity index (χ4n) is 4.45. The molecular weight excluding hydrogens is 786 g/mol. The third-order valence-electron chi connectivity index (χ3n) is 7.51. The first kappa shape index (κ1) is 46.1. The number of carboxylic acids is 2. The Kier molecular flexibility index (Phi) is 16.0. The Bertz CT molecular complexity index is 1930. The number of hydrogen-bond acceptors (Lipinski definition) is 8. The number of primary amides is 1. The van der Waals surface area contributed by atoms with E-state index in [-0.39, 0.29) is 24.0 Å². The van der Waals surface area contributed by atoms with Gasteiger partial charge in [0.05, 0.1) is 6.04 Å². The van der Waals surface area contributed by atoms with Crippen molar-refractivity contribution in [3.05, 3.63) is 107 Å². The topological polar surface area (TPSA) is 317 Å². The molecule has 0 fully saturated rings. The Balaban J connectivity index is 0.000000462. The number of hydrogen-bond donors (Lipinski definition) is 10. The molecule has 0 aliphatic rings. The molecule has 0 aromatic heterocycles. The molecule has 3 rings (SSSR count). The minimum atomic E-state index is -5.79. The predicted octanol–water partition coefficient (Wildman–Crippen LogP) is 1.96. The highest BCUT2D eigenvalue weighted by Crippen LogP contribution is 2.60. The summed E-state index contributed by atoms with van der Waals surface area (Å²) in [6, 6.07) is 11.5. The second-order valence-electron chi connectivity index (χ2n) is 11.7. The molecule has 0 aliphatic heterocycles. The van der Waals surface area contributed by atoms with Crippen LogP contribution in [0.4, 0.5) is 17.6 Å². The molecule has 55 heavy (non-hydrogen) atoms. The molecule has 3 atom stereocenters. The number of nitrogens with one attached hydrogen (secondary N) is 2. The van der Waals surface area contributed by atoms with Crippen LogP contribution < -0.4 is 22.1 Å². The fraction of sp³-hybridized carbons (Fsp3) is 0.281. The van der Waals surface area contributed by atoms with Crippen molar-refractivity contribution in [2.45, 2.75) is 55.1 Å². The number of alkyl halides is 4. The number of amides is 3. The van der Waals surface area contributed by atoms with Crippen LogP contribution in [-0.2, 0) is 52.5 Å². The molecule has 23 heteroatoms. The molecule has 3 amide bonds. The Hall–Kier alpha value is -5.01. The largest absolute Gasteiger partial charge is 0.481 e. The molecule has 0 bridgehead atoms. The van der Waals surface area contributed by atoms with Gasteiger partial charge >= 0.3 is 38.5 Å². The lowest BCUT2D eigenvalue weighted by Gasteiger charge is -2.22. The predicted molar refractivity (Wildman–Crippen MR) is 183 cm³/mol. The Morgan fingerprint density at radius 1 is 0.673 bits per heavy atom. The van der Waals surface area contributed by atoms with Crippen molar-refractivity contribution < 1.29 is 80.5 Å². The Morgan fingerprint density at radius 2 is 1.11 bits per heavy atom. The monoisotopic (exact) mass is 822 g/mol. The maximum Gasteiger partial charge on any atom is 0.399 e. The van der Waals surface area contributed by atoms with E-state index in [4.69, 9.17) is 36.1 Å². The zero-order chi connectivity index (χ0) is 41.9. The van der Waals surface area contributed by atoms with Crippen LogP contribution >= 0.6 is 15.2 Å². The molecule has 0 spiro atoms. The van der Waals surface area contributed by atoms with Gasteiger partial charge in [0.25, 0.3) is 5.91 Å². The van der Waals surface area contributed by atoms with Crippen molar-refractivity contribution in [1.29, 1.82) is 0 Å². The SMILES string of the molecule is NC(=O)[C@H](N)Cc1ccc(C(F)(F)P(=O)(O)O)cc1.O=C(O)CC[C@H](NC(=O)c1ccccc1)C(=O)N[C@@H](Cc1ccc(C(F)(F)P(=O)(O)O)cc1)C(=O)O. The van der Waals surface area contributed by atoms with Crippen LogP contribution in [-0.4, -0.2) is 77.6 Å². The van der Waals surface area contributed by atoms with Gasteiger partial charge in [-0.25, -0.2) is 4.79 Å². The van der Waals surface area contributed by atoms with Crippen molar-refractivity contribution in [3.63, 3.8) is 0 Å². The molecular formula is C32H36F4N4O13P2. The van der Waals surface area contributed by atoms with Crippen molar-refractivity contribution in [3.8, 4) is 0 Å². The molecule has 17 nitrogen and oxygen atoms in total. The van der Waals surface area contributed by atoms with Crippen molar-refractivity contribution in [2.75, 3.05) is 0 Å². The van der Waals surface area contributed by atoms with Gasteiger partial charge < -0.3 is 51.9 Å². The normalized spacial score (nSPS) is 13.6. The summed E-state index contributed by atoms with van der Waals surface area (Å²) in [7, 11) is -11.4. The van der Waals surface area contributed by atoms with Crippen LogP contribution in [0.15, 0.2) is 78.9 Å². The van der Waals surface area contributed by atoms with Gasteiger partial charge in [0.15, 0.2) is 0 Å². The number of carbonyl (C=O) groups is 5. The van der Waals surface area contributed by atoms with E-state index < -0.39 is 98.3 Å². The molecule has 300 valence electrons. The lowest BCUT2D eigenvalue weighted by molar-refractivity contribution is -0.142. The van der Waals surface area contributed by atoms with E-state index >= 15 is 0 Å². The quantitative estimate of drug-likeness (QED) is 0.0688.